The monoisotopic (exact) mass is 276 g/mol. The Morgan fingerprint density at radius 1 is 1.47 bits per heavy atom. The van der Waals surface area contributed by atoms with Gasteiger partial charge in [-0.2, -0.15) is 0 Å². The molecule has 0 fully saturated rings. The van der Waals surface area contributed by atoms with Crippen LogP contribution in [-0.2, 0) is 6.54 Å². The van der Waals surface area contributed by atoms with Gasteiger partial charge in [-0.25, -0.2) is 4.98 Å². The molecule has 2 heterocycles. The Morgan fingerprint density at radius 2 is 2.26 bits per heavy atom. The zero-order valence-corrected chi connectivity index (χ0v) is 12.0. The summed E-state index contributed by atoms with van der Waals surface area (Å²) in [5, 5.41) is 6.32. The van der Waals surface area contributed by atoms with E-state index in [9.17, 15) is 4.79 Å². The first-order valence-corrected chi connectivity index (χ1v) is 6.77. The highest BCUT2D eigenvalue weighted by Crippen LogP contribution is 2.13. The van der Waals surface area contributed by atoms with E-state index in [0.29, 0.717) is 12.2 Å². The van der Waals surface area contributed by atoms with Crippen LogP contribution in [0.1, 0.15) is 21.2 Å². The highest BCUT2D eigenvalue weighted by Gasteiger charge is 2.09. The SMILES string of the molecule is Cc1nc(CNc2ccnc(C(=O)N(C)C)c2)cs1. The molecule has 5 nitrogen and oxygen atoms in total. The summed E-state index contributed by atoms with van der Waals surface area (Å²) in [5.74, 6) is -0.104. The number of hydrogen-bond donors (Lipinski definition) is 1. The van der Waals surface area contributed by atoms with Gasteiger partial charge in [0.1, 0.15) is 5.69 Å². The molecule has 19 heavy (non-hydrogen) atoms. The third kappa shape index (κ3) is 3.51. The van der Waals surface area contributed by atoms with Gasteiger partial charge in [-0.15, -0.1) is 11.3 Å². The maximum Gasteiger partial charge on any atom is 0.272 e. The van der Waals surface area contributed by atoms with Crippen LogP contribution in [0, 0.1) is 6.92 Å². The van der Waals surface area contributed by atoms with Crippen molar-refractivity contribution in [2.45, 2.75) is 13.5 Å². The Bertz CT molecular complexity index is 580. The standard InChI is InChI=1S/C13H16N4OS/c1-9-16-11(8-19-9)7-15-10-4-5-14-12(6-10)13(18)17(2)3/h4-6,8H,7H2,1-3H3,(H,14,15). The molecule has 0 saturated heterocycles. The van der Waals surface area contributed by atoms with Gasteiger partial charge in [0.05, 0.1) is 17.2 Å². The molecule has 2 aromatic heterocycles. The maximum absolute atomic E-state index is 11.8. The van der Waals surface area contributed by atoms with Crippen molar-refractivity contribution >= 4 is 22.9 Å². The topological polar surface area (TPSA) is 58.1 Å². The molecule has 6 heteroatoms. The Morgan fingerprint density at radius 3 is 2.89 bits per heavy atom. The molecule has 2 aromatic rings. The summed E-state index contributed by atoms with van der Waals surface area (Å²) in [5.41, 5.74) is 2.30. The number of carbonyl (C=O) groups excluding carboxylic acids is 1. The number of carbonyl (C=O) groups is 1. The quantitative estimate of drug-likeness (QED) is 0.929. The molecule has 1 N–H and O–H groups in total. The summed E-state index contributed by atoms with van der Waals surface area (Å²) < 4.78 is 0. The fraction of sp³-hybridized carbons (Fsp3) is 0.308. The van der Waals surface area contributed by atoms with Gasteiger partial charge in [0.15, 0.2) is 0 Å². The van der Waals surface area contributed by atoms with Crippen LogP contribution in [0.15, 0.2) is 23.7 Å². The molecular formula is C13H16N4OS. The number of nitrogens with zero attached hydrogens (tertiary/aromatic N) is 3. The van der Waals surface area contributed by atoms with Gasteiger partial charge < -0.3 is 10.2 Å². The van der Waals surface area contributed by atoms with Gasteiger partial charge in [-0.3, -0.25) is 9.78 Å². The first kappa shape index (κ1) is 13.5. The van der Waals surface area contributed by atoms with Crippen LogP contribution in [0.2, 0.25) is 0 Å². The number of rotatable bonds is 4. The highest BCUT2D eigenvalue weighted by atomic mass is 32.1. The van der Waals surface area contributed by atoms with Crippen LogP contribution in [0.25, 0.3) is 0 Å². The Hall–Kier alpha value is -1.95. The number of nitrogens with one attached hydrogen (secondary N) is 1. The lowest BCUT2D eigenvalue weighted by Gasteiger charge is -2.10. The van der Waals surface area contributed by atoms with E-state index in [0.717, 1.165) is 16.4 Å². The first-order valence-electron chi connectivity index (χ1n) is 5.89. The van der Waals surface area contributed by atoms with Gasteiger partial charge in [0, 0.05) is 31.4 Å². The van der Waals surface area contributed by atoms with E-state index in [1.54, 1.807) is 37.7 Å². The number of aromatic nitrogens is 2. The molecule has 0 aromatic carbocycles. The Labute approximate surface area is 116 Å². The van der Waals surface area contributed by atoms with Crippen molar-refractivity contribution in [1.29, 1.82) is 0 Å². The number of anilines is 1. The van der Waals surface area contributed by atoms with Crippen molar-refractivity contribution in [3.05, 3.63) is 40.1 Å². The maximum atomic E-state index is 11.8. The smallest absolute Gasteiger partial charge is 0.272 e. The van der Waals surface area contributed by atoms with Gasteiger partial charge in [-0.1, -0.05) is 0 Å². The number of thiazole rings is 1. The minimum absolute atomic E-state index is 0.104. The van der Waals surface area contributed by atoms with Crippen LogP contribution in [0.3, 0.4) is 0 Å². The molecule has 100 valence electrons. The lowest BCUT2D eigenvalue weighted by molar-refractivity contribution is 0.0822. The van der Waals surface area contributed by atoms with Crippen molar-refractivity contribution in [3.8, 4) is 0 Å². The third-order valence-electron chi connectivity index (χ3n) is 2.53. The summed E-state index contributed by atoms with van der Waals surface area (Å²) in [6.45, 7) is 2.62. The molecule has 1 amide bonds. The second-order valence-electron chi connectivity index (χ2n) is 4.34. The first-order chi connectivity index (χ1) is 9.06. The second kappa shape index (κ2) is 5.79. The molecule has 0 aliphatic heterocycles. The van der Waals surface area contributed by atoms with Crippen LogP contribution < -0.4 is 5.32 Å². The lowest BCUT2D eigenvalue weighted by atomic mass is 10.3. The lowest BCUT2D eigenvalue weighted by Crippen LogP contribution is -2.22. The molecule has 0 bridgehead atoms. The van der Waals surface area contributed by atoms with Crippen molar-refractivity contribution in [2.24, 2.45) is 0 Å². The number of aryl methyl sites for hydroxylation is 1. The van der Waals surface area contributed by atoms with E-state index in [1.807, 2.05) is 18.4 Å². The van der Waals surface area contributed by atoms with E-state index in [4.69, 9.17) is 0 Å². The molecule has 0 aliphatic rings. The van der Waals surface area contributed by atoms with Crippen LogP contribution in [-0.4, -0.2) is 34.9 Å². The van der Waals surface area contributed by atoms with Crippen LogP contribution in [0.4, 0.5) is 5.69 Å². The van der Waals surface area contributed by atoms with E-state index in [1.165, 1.54) is 4.90 Å². The predicted octanol–water partition coefficient (Wildman–Crippen LogP) is 2.16. The average Bonchev–Trinajstić information content (AvgIpc) is 2.81. The van der Waals surface area contributed by atoms with E-state index >= 15 is 0 Å². The summed E-state index contributed by atoms with van der Waals surface area (Å²) in [6, 6.07) is 3.59. The van der Waals surface area contributed by atoms with E-state index in [-0.39, 0.29) is 5.91 Å². The van der Waals surface area contributed by atoms with Gasteiger partial charge in [0.25, 0.3) is 5.91 Å². The zero-order valence-electron chi connectivity index (χ0n) is 11.2. The molecule has 2 rings (SSSR count). The number of hydrogen-bond acceptors (Lipinski definition) is 5. The van der Waals surface area contributed by atoms with Crippen molar-refractivity contribution in [3.63, 3.8) is 0 Å². The summed E-state index contributed by atoms with van der Waals surface area (Å²) >= 11 is 1.63. The normalized spacial score (nSPS) is 10.3. The van der Waals surface area contributed by atoms with Gasteiger partial charge in [-0.05, 0) is 19.1 Å². The number of pyridine rings is 1. The van der Waals surface area contributed by atoms with E-state index in [2.05, 4.69) is 15.3 Å². The fourth-order valence-corrected chi connectivity index (χ4v) is 2.18. The molecule has 0 spiro atoms. The fourth-order valence-electron chi connectivity index (χ4n) is 1.57. The number of amides is 1. The van der Waals surface area contributed by atoms with Crippen molar-refractivity contribution in [2.75, 3.05) is 19.4 Å². The highest BCUT2D eigenvalue weighted by molar-refractivity contribution is 7.09. The van der Waals surface area contributed by atoms with E-state index < -0.39 is 0 Å². The van der Waals surface area contributed by atoms with Gasteiger partial charge in [0.2, 0.25) is 0 Å². The molecule has 0 radical (unpaired) electrons. The predicted molar refractivity (Wildman–Crippen MR) is 76.4 cm³/mol. The summed E-state index contributed by atoms with van der Waals surface area (Å²) in [6.07, 6.45) is 1.63. The molecule has 0 unspecified atom stereocenters. The molecular weight excluding hydrogens is 260 g/mol. The summed E-state index contributed by atoms with van der Waals surface area (Å²) in [4.78, 5) is 21.8. The largest absolute Gasteiger partial charge is 0.379 e. The van der Waals surface area contributed by atoms with Crippen LogP contribution >= 0.6 is 11.3 Å². The Kier molecular flexibility index (Phi) is 4.11. The van der Waals surface area contributed by atoms with Crippen molar-refractivity contribution < 1.29 is 4.79 Å². The zero-order chi connectivity index (χ0) is 13.8. The minimum atomic E-state index is -0.104. The van der Waals surface area contributed by atoms with Crippen molar-refractivity contribution in [1.82, 2.24) is 14.9 Å². The summed E-state index contributed by atoms with van der Waals surface area (Å²) in [7, 11) is 3.42. The Balaban J connectivity index is 2.05. The van der Waals surface area contributed by atoms with Gasteiger partial charge >= 0.3 is 0 Å². The third-order valence-corrected chi connectivity index (χ3v) is 3.35. The second-order valence-corrected chi connectivity index (χ2v) is 5.40. The minimum Gasteiger partial charge on any atom is -0.379 e. The van der Waals surface area contributed by atoms with Crippen LogP contribution in [0.5, 0.6) is 0 Å². The molecule has 0 aliphatic carbocycles. The molecule has 0 atom stereocenters. The molecule has 0 saturated carbocycles. The average molecular weight is 276 g/mol.